The Morgan fingerprint density at radius 1 is 0.762 bits per heavy atom. The van der Waals surface area contributed by atoms with E-state index in [-0.39, 0.29) is 16.4 Å². The number of nitrogens with zero attached hydrogens (tertiary/aromatic N) is 4. The van der Waals surface area contributed by atoms with Gasteiger partial charge in [-0.25, -0.2) is 0 Å². The minimum Gasteiger partial charge on any atom is -0.268 e. The zero-order valence-corrected chi connectivity index (χ0v) is 23.4. The predicted octanol–water partition coefficient (Wildman–Crippen LogP) is 7.04. The molecule has 1 aromatic heterocycles. The van der Waals surface area contributed by atoms with Crippen LogP contribution in [0.2, 0.25) is 0 Å². The molecule has 6 rings (SSSR count). The van der Waals surface area contributed by atoms with Crippen LogP contribution >= 0.6 is 24.0 Å². The number of carbonyl (C=O) groups excluding carboxylic acids is 2. The summed E-state index contributed by atoms with van der Waals surface area (Å²) in [5, 5.41) is 13.1. The largest absolute Gasteiger partial charge is 0.283 e. The molecule has 10 heteroatoms. The number of hydrogen-bond donors (Lipinski definition) is 0. The topological polar surface area (TPSA) is 96.6 Å². The normalized spacial score (nSPS) is 13.5. The smallest absolute Gasteiger partial charge is 0.268 e. The average molecular weight is 589 g/mol. The minimum absolute atomic E-state index is 0.0148. The van der Waals surface area contributed by atoms with Gasteiger partial charge in [-0.05, 0) is 66.3 Å². The number of hydrogen-bond acceptors (Lipinski definition) is 7. The molecule has 0 radical (unpaired) electrons. The number of pyridine rings is 1. The molecule has 1 fully saturated rings. The number of amides is 2. The molecule has 1 aliphatic heterocycles. The van der Waals surface area contributed by atoms with Gasteiger partial charge in [0.25, 0.3) is 17.5 Å². The van der Waals surface area contributed by atoms with Gasteiger partial charge in [-0.3, -0.25) is 34.5 Å². The van der Waals surface area contributed by atoms with E-state index >= 15 is 0 Å². The first-order valence-electron chi connectivity index (χ1n) is 12.8. The molecule has 0 N–H and O–H groups in total. The van der Waals surface area contributed by atoms with E-state index in [2.05, 4.69) is 4.98 Å². The lowest BCUT2D eigenvalue weighted by molar-refractivity contribution is -0.387. The highest BCUT2D eigenvalue weighted by atomic mass is 32.2. The van der Waals surface area contributed by atoms with E-state index in [0.717, 1.165) is 15.8 Å². The van der Waals surface area contributed by atoms with Crippen molar-refractivity contribution in [3.8, 4) is 0 Å². The molecule has 2 amide bonds. The summed E-state index contributed by atoms with van der Waals surface area (Å²) in [5.74, 6) is -1.24. The molecule has 0 saturated carbocycles. The lowest BCUT2D eigenvalue weighted by atomic mass is 10.0. The zero-order chi connectivity index (χ0) is 29.2. The van der Waals surface area contributed by atoms with Crippen LogP contribution in [0, 0.1) is 10.1 Å². The molecule has 0 bridgehead atoms. The van der Waals surface area contributed by atoms with Crippen molar-refractivity contribution in [1.82, 2.24) is 4.98 Å². The summed E-state index contributed by atoms with van der Waals surface area (Å²) in [5.41, 5.74) is 1.72. The molecule has 0 unspecified atom stereocenters. The number of aromatic nitrogens is 1. The fraction of sp³-hybridized carbons (Fsp3) is 0. The van der Waals surface area contributed by atoms with Crippen LogP contribution in [-0.2, 0) is 9.59 Å². The van der Waals surface area contributed by atoms with Gasteiger partial charge >= 0.3 is 0 Å². The van der Waals surface area contributed by atoms with Crippen molar-refractivity contribution in [2.75, 3.05) is 9.80 Å². The quantitative estimate of drug-likeness (QED) is 0.0690. The first-order valence-corrected chi connectivity index (χ1v) is 14.0. The van der Waals surface area contributed by atoms with Crippen molar-refractivity contribution in [2.24, 2.45) is 0 Å². The van der Waals surface area contributed by atoms with E-state index in [9.17, 15) is 19.7 Å². The van der Waals surface area contributed by atoms with Gasteiger partial charge in [0, 0.05) is 22.5 Å². The molecule has 5 aromatic rings. The summed E-state index contributed by atoms with van der Waals surface area (Å²) in [6, 6.07) is 31.6. The van der Waals surface area contributed by atoms with Crippen molar-refractivity contribution in [3.63, 3.8) is 0 Å². The lowest BCUT2D eigenvalue weighted by Gasteiger charge is -2.36. The Bertz CT molecular complexity index is 1840. The van der Waals surface area contributed by atoms with Crippen LogP contribution in [0.15, 0.2) is 131 Å². The van der Waals surface area contributed by atoms with E-state index in [0.29, 0.717) is 21.8 Å². The molecule has 2 heterocycles. The molecular formula is C32H20N4O4S2. The standard InChI is InChI=1S/C32H20N4O4S2/c37-30-25(31(38)35(24-13-5-2-6-14-24)32(41)34(30)23-11-3-1-4-12-23)19-21-16-17-27(26(20-21)36(39)40)42-28-15-7-9-22-10-8-18-33-29(22)28/h1-20H. The predicted molar refractivity (Wildman–Crippen MR) is 167 cm³/mol. The molecule has 204 valence electrons. The van der Waals surface area contributed by atoms with Gasteiger partial charge in [-0.1, -0.05) is 72.4 Å². The Labute approximate surface area is 250 Å². The van der Waals surface area contributed by atoms with Crippen molar-refractivity contribution in [1.29, 1.82) is 0 Å². The number of anilines is 2. The third-order valence-corrected chi connectivity index (χ3v) is 8.06. The second-order valence-corrected chi connectivity index (χ2v) is 10.7. The molecule has 1 aliphatic rings. The average Bonchev–Trinajstić information content (AvgIpc) is 3.01. The molecule has 0 spiro atoms. The highest BCUT2D eigenvalue weighted by Crippen LogP contribution is 2.39. The monoisotopic (exact) mass is 588 g/mol. The van der Waals surface area contributed by atoms with Crippen molar-refractivity contribution in [3.05, 3.63) is 137 Å². The molecule has 4 aromatic carbocycles. The second kappa shape index (κ2) is 11.4. The van der Waals surface area contributed by atoms with Crippen LogP contribution < -0.4 is 9.80 Å². The van der Waals surface area contributed by atoms with Gasteiger partial charge in [0.05, 0.1) is 26.7 Å². The number of rotatable bonds is 6. The van der Waals surface area contributed by atoms with Crippen molar-refractivity contribution >= 4 is 74.9 Å². The fourth-order valence-corrected chi connectivity index (χ4v) is 6.04. The van der Waals surface area contributed by atoms with E-state index in [1.165, 1.54) is 33.7 Å². The molecule has 0 atom stereocenters. The lowest BCUT2D eigenvalue weighted by Crippen LogP contribution is -2.56. The van der Waals surface area contributed by atoms with Gasteiger partial charge in [-0.2, -0.15) is 0 Å². The van der Waals surface area contributed by atoms with Gasteiger partial charge in [0.2, 0.25) is 0 Å². The SMILES string of the molecule is O=C1C(=Cc2ccc(Sc3cccc4cccnc34)c([N+](=O)[O-])c2)C(=O)N(c2ccccc2)C(=S)N1c1ccccc1. The summed E-state index contributed by atoms with van der Waals surface area (Å²) < 4.78 is 0. The minimum atomic E-state index is -0.619. The Balaban J connectivity index is 1.42. The summed E-state index contributed by atoms with van der Waals surface area (Å²) in [4.78, 5) is 47.4. The molecular weight excluding hydrogens is 569 g/mol. The number of para-hydroxylation sites is 3. The molecule has 1 saturated heterocycles. The maximum atomic E-state index is 13.8. The van der Waals surface area contributed by atoms with E-state index in [1.54, 1.807) is 66.9 Å². The summed E-state index contributed by atoms with van der Waals surface area (Å²) in [7, 11) is 0. The van der Waals surface area contributed by atoms with Crippen LogP contribution in [0.5, 0.6) is 0 Å². The van der Waals surface area contributed by atoms with Crippen LogP contribution in [-0.4, -0.2) is 26.8 Å². The molecule has 42 heavy (non-hydrogen) atoms. The fourth-order valence-electron chi connectivity index (χ4n) is 4.64. The number of nitro benzene ring substituents is 1. The van der Waals surface area contributed by atoms with E-state index in [4.69, 9.17) is 12.2 Å². The van der Waals surface area contributed by atoms with Crippen molar-refractivity contribution < 1.29 is 14.5 Å². The van der Waals surface area contributed by atoms with Crippen LogP contribution in [0.25, 0.3) is 17.0 Å². The van der Waals surface area contributed by atoms with Gasteiger partial charge < -0.3 is 0 Å². The van der Waals surface area contributed by atoms with Gasteiger partial charge in [0.15, 0.2) is 5.11 Å². The van der Waals surface area contributed by atoms with Gasteiger partial charge in [-0.15, -0.1) is 0 Å². The zero-order valence-electron chi connectivity index (χ0n) is 21.8. The number of benzene rings is 4. The highest BCUT2D eigenvalue weighted by molar-refractivity contribution is 7.99. The summed E-state index contributed by atoms with van der Waals surface area (Å²) in [6.45, 7) is 0. The Kier molecular flexibility index (Phi) is 7.30. The van der Waals surface area contributed by atoms with Crippen LogP contribution in [0.4, 0.5) is 17.1 Å². The summed E-state index contributed by atoms with van der Waals surface area (Å²) >= 11 is 6.87. The third-order valence-electron chi connectivity index (χ3n) is 6.58. The van der Waals surface area contributed by atoms with E-state index < -0.39 is 16.7 Å². The molecule has 0 aliphatic carbocycles. The number of thiocarbonyl (C=S) groups is 1. The van der Waals surface area contributed by atoms with Crippen LogP contribution in [0.1, 0.15) is 5.56 Å². The highest BCUT2D eigenvalue weighted by Gasteiger charge is 2.41. The van der Waals surface area contributed by atoms with Crippen molar-refractivity contribution in [2.45, 2.75) is 9.79 Å². The van der Waals surface area contributed by atoms with E-state index in [1.807, 2.05) is 42.5 Å². The second-order valence-electron chi connectivity index (χ2n) is 9.21. The number of carbonyl (C=O) groups is 2. The first kappa shape index (κ1) is 27.0. The number of nitro groups is 1. The Morgan fingerprint density at radius 3 is 2.00 bits per heavy atom. The van der Waals surface area contributed by atoms with Gasteiger partial charge in [0.1, 0.15) is 5.57 Å². The number of fused-ring (bicyclic) bond motifs is 1. The first-order chi connectivity index (χ1) is 20.4. The Morgan fingerprint density at radius 2 is 1.38 bits per heavy atom. The summed E-state index contributed by atoms with van der Waals surface area (Å²) in [6.07, 6.45) is 3.05. The third kappa shape index (κ3) is 5.05. The maximum absolute atomic E-state index is 13.8. The Hall–Kier alpha value is -5.19. The van der Waals surface area contributed by atoms with Crippen LogP contribution in [0.3, 0.4) is 0 Å². The maximum Gasteiger partial charge on any atom is 0.283 e. The molecule has 8 nitrogen and oxygen atoms in total.